The van der Waals surface area contributed by atoms with Gasteiger partial charge in [-0.3, -0.25) is 14.5 Å². The van der Waals surface area contributed by atoms with Crippen molar-refractivity contribution < 1.29 is 27.5 Å². The van der Waals surface area contributed by atoms with Gasteiger partial charge in [-0.25, -0.2) is 13.2 Å². The summed E-state index contributed by atoms with van der Waals surface area (Å²) in [7, 11) is -3.27. The number of benzene rings is 2. The third-order valence-corrected chi connectivity index (χ3v) is 8.90. The zero-order valence-corrected chi connectivity index (χ0v) is 24.2. The molecule has 0 bridgehead atoms. The molecule has 0 radical (unpaired) electrons. The van der Waals surface area contributed by atoms with Crippen LogP contribution >= 0.6 is 0 Å². The van der Waals surface area contributed by atoms with Crippen LogP contribution < -0.4 is 9.80 Å². The minimum absolute atomic E-state index is 0.0450. The molecule has 0 spiro atoms. The SMILES string of the molecule is CC(C)OC(=O)N1CC(C)N(C(=O)C2CC2)c2ccc(-c3ccc(C(=O)N4CCN(S(C)(=O)=O)CC4)cc3)cc21. The van der Waals surface area contributed by atoms with Gasteiger partial charge in [-0.05, 0) is 69.0 Å². The van der Waals surface area contributed by atoms with E-state index < -0.39 is 16.1 Å². The molecule has 214 valence electrons. The molecule has 0 N–H and O–H groups in total. The molecule has 11 heteroatoms. The standard InChI is InChI=1S/C29H36N4O6S/c1-19(2)39-29(36)32-18-20(3)33(28(35)23-9-10-23)25-12-11-24(17-26(25)32)21-5-7-22(8-6-21)27(34)30-13-15-31(16-14-30)40(4,37)38/h5-8,11-12,17,19-20,23H,9-10,13-16,18H2,1-4H3. The van der Waals surface area contributed by atoms with Gasteiger partial charge >= 0.3 is 6.09 Å². The van der Waals surface area contributed by atoms with Crippen molar-refractivity contribution in [2.24, 2.45) is 5.92 Å². The number of rotatable bonds is 5. The van der Waals surface area contributed by atoms with E-state index >= 15 is 0 Å². The van der Waals surface area contributed by atoms with E-state index in [0.717, 1.165) is 24.0 Å². The number of nitrogens with zero attached hydrogens (tertiary/aromatic N) is 4. The molecule has 1 atom stereocenters. The first-order valence-electron chi connectivity index (χ1n) is 13.7. The van der Waals surface area contributed by atoms with Crippen molar-refractivity contribution in [3.63, 3.8) is 0 Å². The Morgan fingerprint density at radius 3 is 2.10 bits per heavy atom. The van der Waals surface area contributed by atoms with Crippen molar-refractivity contribution in [1.29, 1.82) is 0 Å². The molecule has 3 amide bonds. The number of anilines is 2. The predicted molar refractivity (Wildman–Crippen MR) is 153 cm³/mol. The average molecular weight is 569 g/mol. The first kappa shape index (κ1) is 28.1. The summed E-state index contributed by atoms with van der Waals surface area (Å²) in [5.74, 6) is -0.00171. The number of carbonyl (C=O) groups excluding carboxylic acids is 3. The first-order chi connectivity index (χ1) is 18.9. The van der Waals surface area contributed by atoms with Gasteiger partial charge in [0.2, 0.25) is 15.9 Å². The molecule has 2 aliphatic heterocycles. The van der Waals surface area contributed by atoms with Crippen LogP contribution in [0.25, 0.3) is 11.1 Å². The number of ether oxygens (including phenoxy) is 1. The molecule has 2 heterocycles. The highest BCUT2D eigenvalue weighted by Gasteiger charge is 2.41. The van der Waals surface area contributed by atoms with Crippen molar-refractivity contribution in [3.05, 3.63) is 48.0 Å². The van der Waals surface area contributed by atoms with E-state index in [9.17, 15) is 22.8 Å². The molecule has 1 aliphatic carbocycles. The summed E-state index contributed by atoms with van der Waals surface area (Å²) in [4.78, 5) is 44.4. The molecule has 40 heavy (non-hydrogen) atoms. The van der Waals surface area contributed by atoms with Gasteiger partial charge in [0.15, 0.2) is 0 Å². The van der Waals surface area contributed by atoms with E-state index in [4.69, 9.17) is 4.74 Å². The van der Waals surface area contributed by atoms with Crippen LogP contribution in [0.4, 0.5) is 16.2 Å². The lowest BCUT2D eigenvalue weighted by Crippen LogP contribution is -2.52. The summed E-state index contributed by atoms with van der Waals surface area (Å²) in [5, 5.41) is 0. The van der Waals surface area contributed by atoms with Crippen LogP contribution in [0.3, 0.4) is 0 Å². The Morgan fingerprint density at radius 1 is 0.900 bits per heavy atom. The Kier molecular flexibility index (Phi) is 7.62. The topological polar surface area (TPSA) is 108 Å². The molecule has 10 nitrogen and oxygen atoms in total. The number of sulfonamides is 1. The normalized spacial score (nSPS) is 19.9. The van der Waals surface area contributed by atoms with Gasteiger partial charge in [-0.1, -0.05) is 18.2 Å². The van der Waals surface area contributed by atoms with Crippen LogP contribution in [-0.4, -0.2) is 86.7 Å². The van der Waals surface area contributed by atoms with Crippen LogP contribution in [0.5, 0.6) is 0 Å². The molecular weight excluding hydrogens is 532 g/mol. The lowest BCUT2D eigenvalue weighted by atomic mass is 9.99. The maximum atomic E-state index is 13.2. The largest absolute Gasteiger partial charge is 0.446 e. The van der Waals surface area contributed by atoms with Crippen LogP contribution in [0, 0.1) is 5.92 Å². The molecule has 0 aromatic heterocycles. The maximum absolute atomic E-state index is 13.2. The smallest absolute Gasteiger partial charge is 0.414 e. The minimum Gasteiger partial charge on any atom is -0.446 e. The third-order valence-electron chi connectivity index (χ3n) is 7.59. The fourth-order valence-electron chi connectivity index (χ4n) is 5.32. The van der Waals surface area contributed by atoms with Crippen LogP contribution in [0.1, 0.15) is 44.0 Å². The highest BCUT2D eigenvalue weighted by atomic mass is 32.2. The van der Waals surface area contributed by atoms with Gasteiger partial charge in [0, 0.05) is 44.2 Å². The van der Waals surface area contributed by atoms with Crippen LogP contribution in [0.15, 0.2) is 42.5 Å². The molecule has 5 rings (SSSR count). The van der Waals surface area contributed by atoms with Crippen LogP contribution in [-0.2, 0) is 19.6 Å². The lowest BCUT2D eigenvalue weighted by Gasteiger charge is -2.41. The summed E-state index contributed by atoms with van der Waals surface area (Å²) in [6, 6.07) is 12.8. The molecule has 2 aromatic rings. The van der Waals surface area contributed by atoms with Gasteiger partial charge in [0.25, 0.3) is 5.91 Å². The Bertz CT molecular complexity index is 1410. The van der Waals surface area contributed by atoms with Gasteiger partial charge in [-0.15, -0.1) is 0 Å². The number of amides is 3. The number of fused-ring (bicyclic) bond motifs is 1. The predicted octanol–water partition coefficient (Wildman–Crippen LogP) is 3.57. The van der Waals surface area contributed by atoms with Gasteiger partial charge in [0.1, 0.15) is 0 Å². The highest BCUT2D eigenvalue weighted by molar-refractivity contribution is 7.88. The quantitative estimate of drug-likeness (QED) is 0.546. The maximum Gasteiger partial charge on any atom is 0.414 e. The minimum atomic E-state index is -3.27. The number of carbonyl (C=O) groups is 3. The van der Waals surface area contributed by atoms with E-state index in [2.05, 4.69) is 0 Å². The van der Waals surface area contributed by atoms with Crippen molar-refractivity contribution in [3.8, 4) is 11.1 Å². The van der Waals surface area contributed by atoms with Crippen molar-refractivity contribution >= 4 is 39.3 Å². The number of hydrogen-bond donors (Lipinski definition) is 0. The van der Waals surface area contributed by atoms with Crippen molar-refractivity contribution in [2.75, 3.05) is 48.8 Å². The molecule has 1 saturated carbocycles. The third kappa shape index (κ3) is 5.71. The van der Waals surface area contributed by atoms with Crippen molar-refractivity contribution in [2.45, 2.75) is 45.8 Å². The Balaban J connectivity index is 1.39. The van der Waals surface area contributed by atoms with E-state index in [1.807, 2.05) is 42.2 Å². The zero-order valence-electron chi connectivity index (χ0n) is 23.4. The fourth-order valence-corrected chi connectivity index (χ4v) is 6.14. The summed E-state index contributed by atoms with van der Waals surface area (Å²) in [6.45, 7) is 7.15. The van der Waals surface area contributed by atoms with Crippen molar-refractivity contribution in [1.82, 2.24) is 9.21 Å². The number of hydrogen-bond acceptors (Lipinski definition) is 6. The fraction of sp³-hybridized carbons (Fsp3) is 0.483. The zero-order chi connectivity index (χ0) is 28.8. The summed E-state index contributed by atoms with van der Waals surface area (Å²) in [6.07, 6.45) is 2.25. The second-order valence-electron chi connectivity index (χ2n) is 11.1. The average Bonchev–Trinajstić information content (AvgIpc) is 3.77. The molecule has 2 aromatic carbocycles. The van der Waals surface area contributed by atoms with E-state index in [0.29, 0.717) is 36.6 Å². The molecule has 1 saturated heterocycles. The summed E-state index contributed by atoms with van der Waals surface area (Å²) in [5.41, 5.74) is 3.54. The molecular formula is C29H36N4O6S. The Hall–Kier alpha value is -3.44. The summed E-state index contributed by atoms with van der Waals surface area (Å²) >= 11 is 0. The van der Waals surface area contributed by atoms with Gasteiger partial charge in [0.05, 0.1) is 29.8 Å². The van der Waals surface area contributed by atoms with Gasteiger partial charge < -0.3 is 14.5 Å². The van der Waals surface area contributed by atoms with Gasteiger partial charge in [-0.2, -0.15) is 4.31 Å². The van der Waals surface area contributed by atoms with E-state index in [-0.39, 0.29) is 43.0 Å². The monoisotopic (exact) mass is 568 g/mol. The molecule has 1 unspecified atom stereocenters. The first-order valence-corrected chi connectivity index (χ1v) is 15.6. The second kappa shape index (κ2) is 10.9. The summed E-state index contributed by atoms with van der Waals surface area (Å²) < 4.78 is 30.5. The number of piperazine rings is 1. The van der Waals surface area contributed by atoms with E-state index in [1.54, 1.807) is 35.8 Å². The second-order valence-corrected chi connectivity index (χ2v) is 13.1. The van der Waals surface area contributed by atoms with Crippen LogP contribution in [0.2, 0.25) is 0 Å². The highest BCUT2D eigenvalue weighted by Crippen LogP contribution is 2.42. The Morgan fingerprint density at radius 2 is 1.52 bits per heavy atom. The molecule has 3 aliphatic rings. The Labute approximate surface area is 235 Å². The lowest BCUT2D eigenvalue weighted by molar-refractivity contribution is -0.120. The molecule has 2 fully saturated rings. The van der Waals surface area contributed by atoms with E-state index in [1.165, 1.54) is 10.6 Å².